The van der Waals surface area contributed by atoms with E-state index in [1.165, 1.54) is 12.5 Å². The van der Waals surface area contributed by atoms with Crippen LogP contribution in [0.5, 0.6) is 11.5 Å². The van der Waals surface area contributed by atoms with Gasteiger partial charge < -0.3 is 19.1 Å². The van der Waals surface area contributed by atoms with Crippen LogP contribution in [0.3, 0.4) is 0 Å². The molecule has 1 saturated heterocycles. The monoisotopic (exact) mass is 502 g/mol. The number of carbonyl (C=O) groups is 2. The normalized spacial score (nSPS) is 31.4. The minimum absolute atomic E-state index is 0.0445. The van der Waals surface area contributed by atoms with Crippen molar-refractivity contribution >= 4 is 18.0 Å². The lowest BCUT2D eigenvalue weighted by Crippen LogP contribution is -2.78. The molecular formula is C30H34N2O5. The fraction of sp³-hybridized carbons (Fsp3) is 0.467. The van der Waals surface area contributed by atoms with E-state index in [-0.39, 0.29) is 30.1 Å². The third-order valence-electron chi connectivity index (χ3n) is 9.25. The standard InChI is InChI=1S/C30H34N2O5/c1-19(33)37-30-15-14-22(32(3)25(34)13-10-20-8-6-5-7-9-20)28-29(30)16-17-31(2)24(30)18-21-11-12-23(35-4)27(36-28)26(21)29/h5-13,22,24,28H,14-18H2,1-4H3/t22-,24+,28-,29-,30+/m0/s1. The lowest BCUT2D eigenvalue weighted by atomic mass is 9.48. The number of rotatable bonds is 5. The highest BCUT2D eigenvalue weighted by molar-refractivity contribution is 5.92. The zero-order valence-corrected chi connectivity index (χ0v) is 21.9. The smallest absolute Gasteiger partial charge is 0.303 e. The van der Waals surface area contributed by atoms with Crippen LogP contribution in [-0.2, 0) is 26.2 Å². The van der Waals surface area contributed by atoms with Crippen LogP contribution in [0.2, 0.25) is 0 Å². The molecule has 0 aromatic heterocycles. The van der Waals surface area contributed by atoms with Crippen molar-refractivity contribution in [3.63, 3.8) is 0 Å². The van der Waals surface area contributed by atoms with Crippen molar-refractivity contribution in [2.45, 2.75) is 61.8 Å². The first-order valence-corrected chi connectivity index (χ1v) is 13.1. The summed E-state index contributed by atoms with van der Waals surface area (Å²) in [7, 11) is 5.64. The summed E-state index contributed by atoms with van der Waals surface area (Å²) in [6.45, 7) is 2.37. The van der Waals surface area contributed by atoms with Crippen LogP contribution < -0.4 is 9.47 Å². The molecule has 2 aromatic rings. The highest BCUT2D eigenvalue weighted by Gasteiger charge is 2.75. The maximum atomic E-state index is 13.4. The minimum atomic E-state index is -0.721. The zero-order valence-electron chi connectivity index (χ0n) is 21.9. The molecule has 0 radical (unpaired) electrons. The van der Waals surface area contributed by atoms with E-state index in [1.807, 2.05) is 54.4 Å². The molecule has 1 saturated carbocycles. The van der Waals surface area contributed by atoms with E-state index in [2.05, 4.69) is 18.0 Å². The molecule has 7 heteroatoms. The number of ether oxygens (including phenoxy) is 3. The first kappa shape index (κ1) is 24.0. The SMILES string of the molecule is COc1ccc2c3c1O[C@H]1[C@@H](N(C)C(=O)C=Cc4ccccc4)CC[C@@]4(OC(C)=O)[C@@H](C2)N(C)CC[C@]314. The summed E-state index contributed by atoms with van der Waals surface area (Å²) < 4.78 is 19.0. The predicted octanol–water partition coefficient (Wildman–Crippen LogP) is 3.59. The molecule has 37 heavy (non-hydrogen) atoms. The van der Waals surface area contributed by atoms with Crippen LogP contribution in [0.1, 0.15) is 42.9 Å². The Morgan fingerprint density at radius 2 is 1.95 bits per heavy atom. The van der Waals surface area contributed by atoms with Gasteiger partial charge in [0.1, 0.15) is 11.7 Å². The topological polar surface area (TPSA) is 68.3 Å². The van der Waals surface area contributed by atoms with Gasteiger partial charge in [-0.25, -0.2) is 0 Å². The number of benzene rings is 2. The number of amides is 1. The number of hydrogen-bond donors (Lipinski definition) is 0. The van der Waals surface area contributed by atoms with Crippen molar-refractivity contribution in [2.24, 2.45) is 0 Å². The molecule has 2 aliphatic heterocycles. The van der Waals surface area contributed by atoms with Crippen molar-refractivity contribution in [3.8, 4) is 11.5 Å². The molecule has 5 atom stereocenters. The first-order valence-electron chi connectivity index (χ1n) is 13.1. The second kappa shape index (κ2) is 8.62. The predicted molar refractivity (Wildman–Crippen MR) is 140 cm³/mol. The second-order valence-electron chi connectivity index (χ2n) is 10.9. The summed E-state index contributed by atoms with van der Waals surface area (Å²) in [6.07, 6.45) is 6.05. The first-order chi connectivity index (χ1) is 17.8. The van der Waals surface area contributed by atoms with Gasteiger partial charge in [0.2, 0.25) is 5.91 Å². The van der Waals surface area contributed by atoms with Crippen molar-refractivity contribution < 1.29 is 23.8 Å². The molecule has 0 N–H and O–H groups in total. The molecule has 6 rings (SSSR count). The number of likely N-dealkylation sites (N-methyl/N-ethyl adjacent to an activating group) is 2. The van der Waals surface area contributed by atoms with Gasteiger partial charge in [0.25, 0.3) is 0 Å². The molecule has 2 bridgehead atoms. The number of nitrogens with zero attached hydrogens (tertiary/aromatic N) is 2. The molecule has 1 spiro atoms. The van der Waals surface area contributed by atoms with E-state index in [9.17, 15) is 9.59 Å². The summed E-state index contributed by atoms with van der Waals surface area (Å²) in [5, 5.41) is 0. The zero-order chi connectivity index (χ0) is 25.9. The summed E-state index contributed by atoms with van der Waals surface area (Å²) in [5.74, 6) is 1.09. The lowest BCUT2D eigenvalue weighted by Gasteiger charge is -2.65. The number of likely N-dealkylation sites (tertiary alicyclic amines) is 1. The van der Waals surface area contributed by atoms with E-state index in [4.69, 9.17) is 14.2 Å². The fourth-order valence-corrected chi connectivity index (χ4v) is 7.72. The fourth-order valence-electron chi connectivity index (χ4n) is 7.72. The molecule has 2 heterocycles. The molecule has 1 amide bonds. The molecule has 7 nitrogen and oxygen atoms in total. The third-order valence-corrected chi connectivity index (χ3v) is 9.25. The Kier molecular flexibility index (Phi) is 5.60. The second-order valence-corrected chi connectivity index (χ2v) is 10.9. The number of hydrogen-bond acceptors (Lipinski definition) is 6. The van der Waals surface area contributed by atoms with E-state index < -0.39 is 11.0 Å². The van der Waals surface area contributed by atoms with Gasteiger partial charge in [0.15, 0.2) is 11.5 Å². The van der Waals surface area contributed by atoms with Gasteiger partial charge >= 0.3 is 5.97 Å². The maximum Gasteiger partial charge on any atom is 0.303 e. The summed E-state index contributed by atoms with van der Waals surface area (Å²) in [5.41, 5.74) is 2.05. The Hall–Kier alpha value is -3.32. The highest BCUT2D eigenvalue weighted by atomic mass is 16.6. The van der Waals surface area contributed by atoms with Crippen LogP contribution in [0.25, 0.3) is 6.08 Å². The van der Waals surface area contributed by atoms with Gasteiger partial charge in [-0.1, -0.05) is 36.4 Å². The Balaban J connectivity index is 1.45. The van der Waals surface area contributed by atoms with Gasteiger partial charge in [-0.2, -0.15) is 0 Å². The molecule has 2 aromatic carbocycles. The molecule has 0 unspecified atom stereocenters. The molecule has 2 fully saturated rings. The summed E-state index contributed by atoms with van der Waals surface area (Å²) in [6, 6.07) is 13.8. The van der Waals surface area contributed by atoms with E-state index >= 15 is 0 Å². The van der Waals surface area contributed by atoms with Crippen molar-refractivity contribution in [1.82, 2.24) is 9.80 Å². The van der Waals surface area contributed by atoms with Gasteiger partial charge in [-0.15, -0.1) is 0 Å². The average molecular weight is 503 g/mol. The van der Waals surface area contributed by atoms with E-state index in [0.29, 0.717) is 18.6 Å². The van der Waals surface area contributed by atoms with Crippen molar-refractivity contribution in [2.75, 3.05) is 27.7 Å². The lowest BCUT2D eigenvalue weighted by molar-refractivity contribution is -0.220. The highest BCUT2D eigenvalue weighted by Crippen LogP contribution is 2.67. The molecule has 4 aliphatic rings. The molecule has 2 aliphatic carbocycles. The third kappa shape index (κ3) is 3.29. The average Bonchev–Trinajstić information content (AvgIpc) is 3.24. The van der Waals surface area contributed by atoms with Gasteiger partial charge in [0, 0.05) is 25.6 Å². The van der Waals surface area contributed by atoms with Crippen LogP contribution in [0, 0.1) is 0 Å². The Labute approximate surface area is 218 Å². The van der Waals surface area contributed by atoms with E-state index in [0.717, 1.165) is 36.3 Å². The van der Waals surface area contributed by atoms with Crippen LogP contribution in [-0.4, -0.2) is 73.2 Å². The Morgan fingerprint density at radius 1 is 1.16 bits per heavy atom. The van der Waals surface area contributed by atoms with Crippen LogP contribution >= 0.6 is 0 Å². The number of piperidine rings is 1. The van der Waals surface area contributed by atoms with Crippen LogP contribution in [0.15, 0.2) is 48.5 Å². The molecular weight excluding hydrogens is 468 g/mol. The van der Waals surface area contributed by atoms with Gasteiger partial charge in [-0.05, 0) is 62.5 Å². The van der Waals surface area contributed by atoms with E-state index in [1.54, 1.807) is 13.2 Å². The van der Waals surface area contributed by atoms with Crippen molar-refractivity contribution in [1.29, 1.82) is 0 Å². The van der Waals surface area contributed by atoms with Crippen molar-refractivity contribution in [3.05, 3.63) is 65.2 Å². The van der Waals surface area contributed by atoms with Gasteiger partial charge in [0.05, 0.1) is 24.6 Å². The Bertz CT molecular complexity index is 1280. The maximum absolute atomic E-state index is 13.4. The molecule has 194 valence electrons. The number of methoxy groups -OCH3 is 1. The minimum Gasteiger partial charge on any atom is -0.493 e. The number of esters is 1. The quantitative estimate of drug-likeness (QED) is 0.460. The van der Waals surface area contributed by atoms with Crippen LogP contribution in [0.4, 0.5) is 0 Å². The summed E-state index contributed by atoms with van der Waals surface area (Å²) in [4.78, 5) is 30.2. The Morgan fingerprint density at radius 3 is 2.68 bits per heavy atom. The largest absolute Gasteiger partial charge is 0.493 e. The van der Waals surface area contributed by atoms with Gasteiger partial charge in [-0.3, -0.25) is 14.5 Å². The number of carbonyl (C=O) groups excluding carboxylic acids is 2. The summed E-state index contributed by atoms with van der Waals surface area (Å²) >= 11 is 0.